The molecule has 3 aromatic rings. The summed E-state index contributed by atoms with van der Waals surface area (Å²) in [5.41, 5.74) is 1.51. The van der Waals surface area contributed by atoms with Gasteiger partial charge in [0.2, 0.25) is 11.5 Å². The fraction of sp³-hybridized carbons (Fsp3) is 0.543. The minimum absolute atomic E-state index is 0.0687. The lowest BCUT2D eigenvalue weighted by Crippen LogP contribution is -2.81. The zero-order valence-electron chi connectivity index (χ0n) is 34.8. The first-order chi connectivity index (χ1) is 27.9. The molecule has 0 radical (unpaired) electrons. The fourth-order valence-corrected chi connectivity index (χ4v) is 13.0. The highest BCUT2D eigenvalue weighted by atomic mass is 16.6. The number of aliphatic hydroxyl groups is 1. The van der Waals surface area contributed by atoms with Crippen LogP contribution in [0, 0.1) is 11.3 Å². The molecule has 1 saturated carbocycles. The summed E-state index contributed by atoms with van der Waals surface area (Å²) in [5, 5.41) is 17.7. The first-order valence-corrected chi connectivity index (χ1v) is 21.0. The van der Waals surface area contributed by atoms with Crippen LogP contribution in [0.5, 0.6) is 5.75 Å². The van der Waals surface area contributed by atoms with Crippen molar-refractivity contribution in [1.29, 1.82) is 0 Å². The van der Waals surface area contributed by atoms with E-state index in [0.717, 1.165) is 58.5 Å². The van der Waals surface area contributed by atoms with Crippen molar-refractivity contribution in [3.63, 3.8) is 0 Å². The minimum atomic E-state index is -2.26. The first kappa shape index (κ1) is 38.8. The molecule has 2 fully saturated rings. The smallest absolute Gasteiger partial charge is 0.344 e. The maximum atomic E-state index is 15.5. The maximum Gasteiger partial charge on any atom is 0.344 e. The number of para-hydroxylation sites is 1. The number of rotatable bonds is 8. The van der Waals surface area contributed by atoms with E-state index in [0.29, 0.717) is 51.2 Å². The third kappa shape index (κ3) is 4.94. The number of methoxy groups -OCH3 is 2. The van der Waals surface area contributed by atoms with Crippen LogP contribution in [0.4, 0.5) is 5.69 Å². The molecule has 1 aromatic heterocycles. The normalized spacial score (nSPS) is 34.5. The number of H-pyrrole nitrogens is 1. The van der Waals surface area contributed by atoms with Gasteiger partial charge >= 0.3 is 11.9 Å². The lowest BCUT2D eigenvalue weighted by Gasteiger charge is -2.63. The number of nitrogens with one attached hydrogen (secondary N) is 2. The Morgan fingerprint density at radius 1 is 1.05 bits per heavy atom. The van der Waals surface area contributed by atoms with Gasteiger partial charge in [-0.1, -0.05) is 55.8 Å². The lowest BCUT2D eigenvalue weighted by atomic mass is 9.47. The van der Waals surface area contributed by atoms with E-state index in [4.69, 9.17) is 14.2 Å². The van der Waals surface area contributed by atoms with Gasteiger partial charge in [-0.2, -0.15) is 0 Å². The summed E-state index contributed by atoms with van der Waals surface area (Å²) in [6.45, 7) is 11.7. The number of carbonyl (C=O) groups excluding carboxylic acids is 3. The molecule has 1 amide bonds. The molecule has 6 aliphatic rings. The van der Waals surface area contributed by atoms with Gasteiger partial charge in [-0.05, 0) is 68.3 Å². The van der Waals surface area contributed by atoms with Gasteiger partial charge in [0.15, 0.2) is 6.10 Å². The third-order valence-corrected chi connectivity index (χ3v) is 15.0. The van der Waals surface area contributed by atoms with E-state index in [1.807, 2.05) is 37.9 Å². The number of fused-ring (bicyclic) bond motifs is 6. The highest BCUT2D eigenvalue weighted by Crippen LogP contribution is 2.68. The number of aromatic amines is 1. The predicted octanol–water partition coefficient (Wildman–Crippen LogP) is 4.72. The van der Waals surface area contributed by atoms with Gasteiger partial charge < -0.3 is 34.5 Å². The molecule has 1 spiro atoms. The standard InChI is InChI=1S/C46H57N5O7/c1-8-28-20-29-23-45(41(53)47-10-3,37-31(26-50(24-28)25-29)30-14-11-12-15-34(30)48-37)33-21-32-35(22-36(33)56-6)49(5)39-44(32)17-19-51-18-13-16-43(9-2,38(44)51)40(58-27(4)52)46(39,55)42(54)57-7/h11-16,20-22,29,38-40,48,55H,8-10,17-19,23-26H2,1-7H3,(H,47,53)/t29-,38-,39+,40+,43+,44?,45-,46+/m0/s1. The first-order valence-electron chi connectivity index (χ1n) is 21.0. The molecule has 2 aromatic carbocycles. The highest BCUT2D eigenvalue weighted by Gasteiger charge is 2.80. The van der Waals surface area contributed by atoms with Crippen molar-refractivity contribution >= 4 is 34.4 Å². The van der Waals surface area contributed by atoms with E-state index >= 15 is 4.79 Å². The fourth-order valence-electron chi connectivity index (χ4n) is 13.0. The van der Waals surface area contributed by atoms with Gasteiger partial charge in [-0.3, -0.25) is 19.4 Å². The van der Waals surface area contributed by atoms with Crippen molar-refractivity contribution in [2.75, 3.05) is 58.9 Å². The van der Waals surface area contributed by atoms with Crippen LogP contribution in [-0.2, 0) is 41.2 Å². The zero-order valence-corrected chi connectivity index (χ0v) is 34.8. The summed E-state index contributed by atoms with van der Waals surface area (Å²) in [4.78, 5) is 53.7. The van der Waals surface area contributed by atoms with Crippen LogP contribution in [0.2, 0.25) is 0 Å². The van der Waals surface area contributed by atoms with Gasteiger partial charge in [0, 0.05) is 97.5 Å². The molecule has 9 rings (SSSR count). The number of amides is 1. The molecule has 2 bridgehead atoms. The summed E-state index contributed by atoms with van der Waals surface area (Å²) < 4.78 is 18.1. The summed E-state index contributed by atoms with van der Waals surface area (Å²) in [7, 11) is 4.82. The number of benzene rings is 2. The van der Waals surface area contributed by atoms with Crippen LogP contribution < -0.4 is 15.0 Å². The van der Waals surface area contributed by atoms with E-state index in [-0.39, 0.29) is 17.9 Å². The largest absolute Gasteiger partial charge is 0.496 e. The van der Waals surface area contributed by atoms with Crippen LogP contribution in [0.15, 0.2) is 60.2 Å². The quantitative estimate of drug-likeness (QED) is 0.217. The number of esters is 2. The minimum Gasteiger partial charge on any atom is -0.496 e. The molecule has 5 aliphatic heterocycles. The molecule has 9 atom stereocenters. The molecule has 308 valence electrons. The Morgan fingerprint density at radius 3 is 2.55 bits per heavy atom. The van der Waals surface area contributed by atoms with Gasteiger partial charge in [0.05, 0.1) is 20.3 Å². The molecular weight excluding hydrogens is 735 g/mol. The van der Waals surface area contributed by atoms with Crippen molar-refractivity contribution in [2.45, 2.75) is 94.5 Å². The van der Waals surface area contributed by atoms with Gasteiger partial charge in [0.25, 0.3) is 0 Å². The molecule has 6 heterocycles. The second-order valence-electron chi connectivity index (χ2n) is 17.5. The second-order valence-corrected chi connectivity index (χ2v) is 17.5. The molecule has 12 heteroatoms. The topological polar surface area (TPSA) is 137 Å². The Hall–Kier alpha value is -4.65. The van der Waals surface area contributed by atoms with Gasteiger partial charge in [-0.25, -0.2) is 4.79 Å². The van der Waals surface area contributed by atoms with E-state index in [1.165, 1.54) is 19.6 Å². The third-order valence-electron chi connectivity index (χ3n) is 15.0. The van der Waals surface area contributed by atoms with E-state index in [1.54, 1.807) is 7.11 Å². The van der Waals surface area contributed by atoms with Crippen LogP contribution in [0.1, 0.15) is 75.8 Å². The number of carbonyl (C=O) groups is 3. The van der Waals surface area contributed by atoms with E-state index < -0.39 is 45.9 Å². The SMILES string of the molecule is CCNC(=O)[C@]1(c2cc3c(cc2OC)N(C)[C@@H]2C34CCN3CC=C[C@](CC)([C@H]34)[C@@H](OC(C)=O)[C@@]2(O)C(=O)OC)C[C@@H]2C=C(CC)CN(Cc3c1[nH]c1ccccc31)C2. The number of hydrogen-bond donors (Lipinski definition) is 3. The number of anilines is 1. The van der Waals surface area contributed by atoms with Crippen LogP contribution in [-0.4, -0.2) is 116 Å². The molecule has 12 nitrogen and oxygen atoms in total. The van der Waals surface area contributed by atoms with Gasteiger partial charge in [0.1, 0.15) is 11.2 Å². The molecule has 58 heavy (non-hydrogen) atoms. The number of hydrogen-bond acceptors (Lipinski definition) is 10. The second kappa shape index (κ2) is 13.7. The summed E-state index contributed by atoms with van der Waals surface area (Å²) in [6, 6.07) is 11.4. The lowest BCUT2D eigenvalue weighted by molar-refractivity contribution is -0.228. The van der Waals surface area contributed by atoms with E-state index in [9.17, 15) is 14.7 Å². The van der Waals surface area contributed by atoms with Crippen LogP contribution in [0.25, 0.3) is 10.9 Å². The summed E-state index contributed by atoms with van der Waals surface area (Å²) in [6.07, 6.45) is 7.86. The Labute approximate surface area is 340 Å². The van der Waals surface area contributed by atoms with Crippen molar-refractivity contribution in [2.24, 2.45) is 11.3 Å². The Kier molecular flexibility index (Phi) is 9.18. The molecule has 1 aliphatic carbocycles. The van der Waals surface area contributed by atoms with Crippen molar-refractivity contribution in [3.8, 4) is 5.75 Å². The molecule has 1 saturated heterocycles. The van der Waals surface area contributed by atoms with Crippen LogP contribution in [0.3, 0.4) is 0 Å². The maximum absolute atomic E-state index is 15.5. The monoisotopic (exact) mass is 791 g/mol. The van der Waals surface area contributed by atoms with Crippen molar-refractivity contribution in [1.82, 2.24) is 20.1 Å². The Bertz CT molecular complexity index is 2270. The number of nitrogens with zero attached hydrogens (tertiary/aromatic N) is 3. The highest BCUT2D eigenvalue weighted by molar-refractivity contribution is 5.97. The number of ether oxygens (including phenoxy) is 3. The van der Waals surface area contributed by atoms with Crippen molar-refractivity contribution < 1.29 is 33.7 Å². The van der Waals surface area contributed by atoms with Crippen LogP contribution >= 0.6 is 0 Å². The Morgan fingerprint density at radius 2 is 1.84 bits per heavy atom. The van der Waals surface area contributed by atoms with E-state index in [2.05, 4.69) is 69.5 Å². The van der Waals surface area contributed by atoms with Crippen molar-refractivity contribution in [3.05, 3.63) is 82.6 Å². The summed E-state index contributed by atoms with van der Waals surface area (Å²) >= 11 is 0. The number of likely N-dealkylation sites (N-methyl/N-ethyl adjacent to an activating group) is 2. The Balaban J connectivity index is 1.37. The van der Waals surface area contributed by atoms with Gasteiger partial charge in [-0.15, -0.1) is 0 Å². The molecular formula is C46H57N5O7. The number of aromatic nitrogens is 1. The summed E-state index contributed by atoms with van der Waals surface area (Å²) in [5.74, 6) is -0.919. The zero-order chi connectivity index (χ0) is 40.9. The average Bonchev–Trinajstić information content (AvgIpc) is 3.87. The predicted molar refractivity (Wildman–Crippen MR) is 221 cm³/mol. The molecule has 3 N–H and O–H groups in total. The average molecular weight is 792 g/mol. The molecule has 2 unspecified atom stereocenters.